The quantitative estimate of drug-likeness (QED) is 0.888. The second-order valence-electron chi connectivity index (χ2n) is 4.46. The third kappa shape index (κ3) is 3.54. The number of nitrogens with one attached hydrogen (secondary N) is 2. The van der Waals surface area contributed by atoms with Gasteiger partial charge < -0.3 is 10.6 Å². The van der Waals surface area contributed by atoms with Gasteiger partial charge in [-0.2, -0.15) is 0 Å². The smallest absolute Gasteiger partial charge is 0.269 e. The summed E-state index contributed by atoms with van der Waals surface area (Å²) in [5, 5.41) is 7.10. The van der Waals surface area contributed by atoms with Gasteiger partial charge in [0.25, 0.3) is 5.91 Å². The molecule has 0 bridgehead atoms. The Labute approximate surface area is 122 Å². The van der Waals surface area contributed by atoms with Crippen LogP contribution in [-0.4, -0.2) is 22.4 Å². The Morgan fingerprint density at radius 2 is 2.25 bits per heavy atom. The predicted molar refractivity (Wildman–Crippen MR) is 81.1 cm³/mol. The van der Waals surface area contributed by atoms with Gasteiger partial charge in [0.05, 0.1) is 6.04 Å². The summed E-state index contributed by atoms with van der Waals surface area (Å²) in [4.78, 5) is 21.4. The van der Waals surface area contributed by atoms with Crippen LogP contribution in [0.15, 0.2) is 24.5 Å². The van der Waals surface area contributed by atoms with Crippen molar-refractivity contribution in [2.75, 3.05) is 11.9 Å². The van der Waals surface area contributed by atoms with Crippen molar-refractivity contribution in [3.8, 4) is 0 Å². The number of thiazole rings is 1. The SMILES string of the molecule is CCNC(=O)c1cc(NC(C)c2ncc(C)s2)ccn1. The zero-order valence-electron chi connectivity index (χ0n) is 11.8. The van der Waals surface area contributed by atoms with E-state index >= 15 is 0 Å². The molecule has 0 saturated carbocycles. The van der Waals surface area contributed by atoms with Crippen molar-refractivity contribution in [1.82, 2.24) is 15.3 Å². The molecular formula is C14H18N4OS. The number of hydrogen-bond donors (Lipinski definition) is 2. The molecular weight excluding hydrogens is 272 g/mol. The van der Waals surface area contributed by atoms with E-state index in [2.05, 4.69) is 20.6 Å². The normalized spacial score (nSPS) is 11.9. The minimum atomic E-state index is -0.158. The van der Waals surface area contributed by atoms with Crippen LogP contribution in [-0.2, 0) is 0 Å². The molecule has 0 spiro atoms. The number of nitrogens with zero attached hydrogens (tertiary/aromatic N) is 2. The average molecular weight is 290 g/mol. The van der Waals surface area contributed by atoms with E-state index in [1.54, 1.807) is 23.6 Å². The van der Waals surface area contributed by atoms with Crippen molar-refractivity contribution in [2.24, 2.45) is 0 Å². The standard InChI is InChI=1S/C14H18N4OS/c1-4-15-13(19)12-7-11(5-6-16-12)18-10(3)14-17-8-9(2)20-14/h5-8,10H,4H2,1-3H3,(H,15,19)(H,16,18). The minimum Gasteiger partial charge on any atom is -0.376 e. The molecule has 2 heterocycles. The summed E-state index contributed by atoms with van der Waals surface area (Å²) in [6.07, 6.45) is 3.50. The number of rotatable bonds is 5. The van der Waals surface area contributed by atoms with E-state index in [1.165, 1.54) is 4.88 Å². The molecule has 2 aromatic rings. The fraction of sp³-hybridized carbons (Fsp3) is 0.357. The van der Waals surface area contributed by atoms with E-state index in [0.717, 1.165) is 10.7 Å². The van der Waals surface area contributed by atoms with Crippen LogP contribution >= 0.6 is 11.3 Å². The fourth-order valence-corrected chi connectivity index (χ4v) is 2.56. The van der Waals surface area contributed by atoms with Gasteiger partial charge >= 0.3 is 0 Å². The number of aryl methyl sites for hydroxylation is 1. The highest BCUT2D eigenvalue weighted by molar-refractivity contribution is 7.11. The van der Waals surface area contributed by atoms with Crippen molar-refractivity contribution in [1.29, 1.82) is 0 Å². The Kier molecular flexibility index (Phi) is 4.68. The van der Waals surface area contributed by atoms with Gasteiger partial charge in [0.2, 0.25) is 0 Å². The first kappa shape index (κ1) is 14.5. The van der Waals surface area contributed by atoms with E-state index < -0.39 is 0 Å². The van der Waals surface area contributed by atoms with E-state index in [9.17, 15) is 4.79 Å². The lowest BCUT2D eigenvalue weighted by molar-refractivity contribution is 0.0951. The van der Waals surface area contributed by atoms with Crippen molar-refractivity contribution in [2.45, 2.75) is 26.8 Å². The van der Waals surface area contributed by atoms with Crippen molar-refractivity contribution in [3.63, 3.8) is 0 Å². The third-order valence-electron chi connectivity index (χ3n) is 2.72. The number of pyridine rings is 1. The maximum absolute atomic E-state index is 11.7. The van der Waals surface area contributed by atoms with Gasteiger partial charge in [0, 0.05) is 29.5 Å². The van der Waals surface area contributed by atoms with Gasteiger partial charge in [-0.05, 0) is 32.9 Å². The number of amides is 1. The van der Waals surface area contributed by atoms with Crippen LogP contribution in [0.2, 0.25) is 0 Å². The van der Waals surface area contributed by atoms with Crippen LogP contribution in [0, 0.1) is 6.92 Å². The molecule has 0 fully saturated rings. The molecule has 0 aliphatic heterocycles. The first-order chi connectivity index (χ1) is 9.60. The van der Waals surface area contributed by atoms with Crippen LogP contribution < -0.4 is 10.6 Å². The summed E-state index contributed by atoms with van der Waals surface area (Å²) in [7, 11) is 0. The van der Waals surface area contributed by atoms with E-state index in [0.29, 0.717) is 12.2 Å². The Balaban J connectivity index is 2.09. The first-order valence-electron chi connectivity index (χ1n) is 6.53. The molecule has 1 amide bonds. The first-order valence-corrected chi connectivity index (χ1v) is 7.35. The number of anilines is 1. The molecule has 2 aromatic heterocycles. The molecule has 0 aliphatic carbocycles. The Bertz CT molecular complexity index is 596. The highest BCUT2D eigenvalue weighted by atomic mass is 32.1. The zero-order valence-corrected chi connectivity index (χ0v) is 12.6. The second kappa shape index (κ2) is 6.47. The summed E-state index contributed by atoms with van der Waals surface area (Å²) in [6.45, 7) is 6.55. The third-order valence-corrected chi connectivity index (χ3v) is 3.82. The van der Waals surface area contributed by atoms with Crippen LogP contribution in [0.25, 0.3) is 0 Å². The molecule has 0 radical (unpaired) electrons. The molecule has 1 unspecified atom stereocenters. The van der Waals surface area contributed by atoms with E-state index in [-0.39, 0.29) is 11.9 Å². The van der Waals surface area contributed by atoms with E-state index in [4.69, 9.17) is 0 Å². The molecule has 6 heteroatoms. The van der Waals surface area contributed by atoms with Gasteiger partial charge in [-0.1, -0.05) is 0 Å². The molecule has 0 saturated heterocycles. The lowest BCUT2D eigenvalue weighted by atomic mass is 10.2. The lowest BCUT2D eigenvalue weighted by Crippen LogP contribution is -2.23. The molecule has 20 heavy (non-hydrogen) atoms. The maximum atomic E-state index is 11.7. The number of carbonyl (C=O) groups excluding carboxylic acids is 1. The predicted octanol–water partition coefficient (Wildman–Crippen LogP) is 2.77. The van der Waals surface area contributed by atoms with Gasteiger partial charge in [-0.15, -0.1) is 11.3 Å². The molecule has 2 rings (SSSR count). The maximum Gasteiger partial charge on any atom is 0.269 e. The highest BCUT2D eigenvalue weighted by Crippen LogP contribution is 2.23. The fourth-order valence-electron chi connectivity index (χ4n) is 1.78. The van der Waals surface area contributed by atoms with Gasteiger partial charge in [0.1, 0.15) is 10.7 Å². The highest BCUT2D eigenvalue weighted by Gasteiger charge is 2.11. The van der Waals surface area contributed by atoms with Gasteiger partial charge in [-0.25, -0.2) is 4.98 Å². The van der Waals surface area contributed by atoms with Crippen LogP contribution in [0.5, 0.6) is 0 Å². The molecule has 1 atom stereocenters. The van der Waals surface area contributed by atoms with Crippen molar-refractivity contribution >= 4 is 22.9 Å². The molecule has 0 aromatic carbocycles. The Morgan fingerprint density at radius 3 is 2.90 bits per heavy atom. The monoisotopic (exact) mass is 290 g/mol. The summed E-state index contributed by atoms with van der Waals surface area (Å²) >= 11 is 1.67. The zero-order chi connectivity index (χ0) is 14.5. The summed E-state index contributed by atoms with van der Waals surface area (Å²) < 4.78 is 0. The number of aromatic nitrogens is 2. The molecule has 2 N–H and O–H groups in total. The molecule has 0 aliphatic rings. The summed E-state index contributed by atoms with van der Waals surface area (Å²) in [6, 6.07) is 3.69. The lowest BCUT2D eigenvalue weighted by Gasteiger charge is -2.13. The number of hydrogen-bond acceptors (Lipinski definition) is 5. The Morgan fingerprint density at radius 1 is 1.45 bits per heavy atom. The minimum absolute atomic E-state index is 0.0955. The summed E-state index contributed by atoms with van der Waals surface area (Å²) in [5.41, 5.74) is 1.28. The topological polar surface area (TPSA) is 66.9 Å². The van der Waals surface area contributed by atoms with Crippen LogP contribution in [0.3, 0.4) is 0 Å². The number of carbonyl (C=O) groups is 1. The second-order valence-corrected chi connectivity index (χ2v) is 5.73. The largest absolute Gasteiger partial charge is 0.376 e. The summed E-state index contributed by atoms with van der Waals surface area (Å²) in [5.74, 6) is -0.158. The van der Waals surface area contributed by atoms with E-state index in [1.807, 2.05) is 33.0 Å². The van der Waals surface area contributed by atoms with Crippen molar-refractivity contribution in [3.05, 3.63) is 40.1 Å². The van der Waals surface area contributed by atoms with Crippen molar-refractivity contribution < 1.29 is 4.79 Å². The van der Waals surface area contributed by atoms with Gasteiger partial charge in [0.15, 0.2) is 0 Å². The molecule has 106 valence electrons. The van der Waals surface area contributed by atoms with Crippen LogP contribution in [0.1, 0.15) is 40.3 Å². The average Bonchev–Trinajstić information content (AvgIpc) is 2.86. The Hall–Kier alpha value is -1.95. The van der Waals surface area contributed by atoms with Gasteiger partial charge in [-0.3, -0.25) is 9.78 Å². The van der Waals surface area contributed by atoms with Crippen LogP contribution in [0.4, 0.5) is 5.69 Å². The molecule has 5 nitrogen and oxygen atoms in total.